The zero-order valence-corrected chi connectivity index (χ0v) is 15.0. The van der Waals surface area contributed by atoms with E-state index in [0.29, 0.717) is 29.2 Å². The number of nitrogens with zero attached hydrogens (tertiary/aromatic N) is 1. The first kappa shape index (κ1) is 18.2. The van der Waals surface area contributed by atoms with Crippen LogP contribution in [0.4, 0.5) is 14.9 Å². The molecule has 1 atom stereocenters. The van der Waals surface area contributed by atoms with Crippen LogP contribution in [0, 0.1) is 5.82 Å². The first-order chi connectivity index (χ1) is 12.6. The third-order valence-electron chi connectivity index (χ3n) is 4.68. The van der Waals surface area contributed by atoms with E-state index in [2.05, 4.69) is 10.2 Å². The number of hydrogen-bond donors (Lipinski definition) is 1. The van der Waals surface area contributed by atoms with E-state index in [4.69, 9.17) is 9.47 Å². The summed E-state index contributed by atoms with van der Waals surface area (Å²) in [7, 11) is 3.59. The minimum Gasteiger partial charge on any atom is -0.497 e. The molecule has 1 amide bonds. The van der Waals surface area contributed by atoms with Crippen LogP contribution in [-0.4, -0.2) is 44.3 Å². The lowest BCUT2D eigenvalue weighted by Crippen LogP contribution is -2.31. The maximum absolute atomic E-state index is 13.6. The van der Waals surface area contributed by atoms with Crippen LogP contribution in [0.2, 0.25) is 0 Å². The Morgan fingerprint density at radius 2 is 2.15 bits per heavy atom. The number of likely N-dealkylation sites (tertiary alicyclic amines) is 1. The molecule has 0 unspecified atom stereocenters. The van der Waals surface area contributed by atoms with Crippen LogP contribution in [0.1, 0.15) is 12.8 Å². The summed E-state index contributed by atoms with van der Waals surface area (Å²) < 4.78 is 24.2. The first-order valence-electron chi connectivity index (χ1n) is 8.65. The van der Waals surface area contributed by atoms with E-state index in [1.807, 2.05) is 7.05 Å². The van der Waals surface area contributed by atoms with E-state index in [0.717, 1.165) is 19.4 Å². The third kappa shape index (κ3) is 4.32. The smallest absolute Gasteiger partial charge is 0.411 e. The molecule has 0 aromatic heterocycles. The average Bonchev–Trinajstić information content (AvgIpc) is 3.05. The number of anilines is 1. The van der Waals surface area contributed by atoms with Crippen molar-refractivity contribution in [2.75, 3.05) is 32.6 Å². The van der Waals surface area contributed by atoms with E-state index in [9.17, 15) is 9.18 Å². The zero-order chi connectivity index (χ0) is 18.5. The molecule has 1 fully saturated rings. The van der Waals surface area contributed by atoms with Gasteiger partial charge < -0.3 is 14.4 Å². The number of methoxy groups -OCH3 is 1. The second-order valence-corrected chi connectivity index (χ2v) is 6.42. The van der Waals surface area contributed by atoms with Crippen LogP contribution in [0.15, 0.2) is 42.5 Å². The molecule has 138 valence electrons. The lowest BCUT2D eigenvalue weighted by molar-refractivity contribution is 0.127. The quantitative estimate of drug-likeness (QED) is 0.873. The Kier molecular flexibility index (Phi) is 5.73. The fourth-order valence-electron chi connectivity index (χ4n) is 3.16. The van der Waals surface area contributed by atoms with Crippen molar-refractivity contribution in [2.45, 2.75) is 18.9 Å². The molecule has 1 N–H and O–H groups in total. The van der Waals surface area contributed by atoms with Crippen molar-refractivity contribution in [3.8, 4) is 16.9 Å². The number of amides is 1. The lowest BCUT2D eigenvalue weighted by Gasteiger charge is -2.19. The number of ether oxygens (including phenoxy) is 2. The molecule has 0 aliphatic carbocycles. The molecule has 1 heterocycles. The van der Waals surface area contributed by atoms with Crippen LogP contribution in [0.25, 0.3) is 11.1 Å². The Labute approximate surface area is 152 Å². The Balaban J connectivity index is 1.75. The van der Waals surface area contributed by atoms with Gasteiger partial charge in [0.2, 0.25) is 0 Å². The molecule has 2 aromatic carbocycles. The van der Waals surface area contributed by atoms with Gasteiger partial charge in [0.05, 0.1) is 12.8 Å². The molecule has 6 heteroatoms. The number of halogens is 1. The van der Waals surface area contributed by atoms with Gasteiger partial charge in [0.25, 0.3) is 0 Å². The number of hydrogen-bond acceptors (Lipinski definition) is 4. The van der Waals surface area contributed by atoms with Gasteiger partial charge in [0.15, 0.2) is 0 Å². The molecule has 0 bridgehead atoms. The monoisotopic (exact) mass is 358 g/mol. The predicted molar refractivity (Wildman–Crippen MR) is 99.0 cm³/mol. The Bertz CT molecular complexity index is 781. The fraction of sp³-hybridized carbons (Fsp3) is 0.350. The van der Waals surface area contributed by atoms with E-state index in [-0.39, 0.29) is 11.9 Å². The molecule has 0 radical (unpaired) electrons. The second-order valence-electron chi connectivity index (χ2n) is 6.42. The number of carbonyl (C=O) groups is 1. The Hall–Kier alpha value is -2.60. The average molecular weight is 358 g/mol. The van der Waals surface area contributed by atoms with Gasteiger partial charge in [0.1, 0.15) is 18.2 Å². The van der Waals surface area contributed by atoms with Gasteiger partial charge in [0, 0.05) is 11.6 Å². The molecule has 1 aliphatic heterocycles. The summed E-state index contributed by atoms with van der Waals surface area (Å²) in [6.45, 7) is 1.38. The Morgan fingerprint density at radius 1 is 1.31 bits per heavy atom. The Morgan fingerprint density at radius 3 is 2.85 bits per heavy atom. The minimum atomic E-state index is -0.520. The van der Waals surface area contributed by atoms with Crippen LogP contribution < -0.4 is 10.1 Å². The van der Waals surface area contributed by atoms with Crippen LogP contribution in [0.5, 0.6) is 5.75 Å². The summed E-state index contributed by atoms with van der Waals surface area (Å²) in [5.74, 6) is 0.277. The maximum atomic E-state index is 13.6. The van der Waals surface area contributed by atoms with Gasteiger partial charge in [-0.1, -0.05) is 12.1 Å². The summed E-state index contributed by atoms with van der Waals surface area (Å²) in [4.78, 5) is 14.4. The van der Waals surface area contributed by atoms with Gasteiger partial charge in [-0.15, -0.1) is 0 Å². The molecule has 3 rings (SSSR count). The van der Waals surface area contributed by atoms with Crippen molar-refractivity contribution in [2.24, 2.45) is 0 Å². The maximum Gasteiger partial charge on any atom is 0.411 e. The third-order valence-corrected chi connectivity index (χ3v) is 4.68. The van der Waals surface area contributed by atoms with Crippen LogP contribution in [-0.2, 0) is 4.74 Å². The first-order valence-corrected chi connectivity index (χ1v) is 8.65. The highest BCUT2D eigenvalue weighted by Gasteiger charge is 2.22. The number of nitrogens with one attached hydrogen (secondary N) is 1. The summed E-state index contributed by atoms with van der Waals surface area (Å²) >= 11 is 0. The van der Waals surface area contributed by atoms with Gasteiger partial charge in [-0.3, -0.25) is 5.32 Å². The zero-order valence-electron chi connectivity index (χ0n) is 15.0. The number of rotatable bonds is 5. The van der Waals surface area contributed by atoms with E-state index >= 15 is 0 Å². The number of carbonyl (C=O) groups excluding carboxylic acids is 1. The van der Waals surface area contributed by atoms with Gasteiger partial charge in [-0.25, -0.2) is 9.18 Å². The van der Waals surface area contributed by atoms with Gasteiger partial charge in [-0.05, 0) is 62.3 Å². The molecule has 5 nitrogen and oxygen atoms in total. The highest BCUT2D eigenvalue weighted by molar-refractivity contribution is 5.92. The summed E-state index contributed by atoms with van der Waals surface area (Å²) in [6, 6.07) is 11.7. The molecule has 0 saturated carbocycles. The van der Waals surface area contributed by atoms with Crippen molar-refractivity contribution in [3.05, 3.63) is 48.3 Å². The van der Waals surface area contributed by atoms with Crippen molar-refractivity contribution in [1.29, 1.82) is 0 Å². The standard InChI is InChI=1S/C20H23FN2O3/c1-23-10-4-7-16(23)13-26-20(24)22-19-9-8-17(25-2)12-18(19)14-5-3-6-15(21)11-14/h3,5-6,8-9,11-12,16H,4,7,10,13H2,1-2H3,(H,22,24)/t16-/m0/s1. The molecular weight excluding hydrogens is 335 g/mol. The van der Waals surface area contributed by atoms with E-state index in [1.54, 1.807) is 37.4 Å². The summed E-state index contributed by atoms with van der Waals surface area (Å²) in [5.41, 5.74) is 1.86. The normalized spacial score (nSPS) is 17.1. The van der Waals surface area contributed by atoms with Gasteiger partial charge in [-0.2, -0.15) is 0 Å². The lowest BCUT2D eigenvalue weighted by atomic mass is 10.0. The largest absolute Gasteiger partial charge is 0.497 e. The van der Waals surface area contributed by atoms with Crippen molar-refractivity contribution in [1.82, 2.24) is 4.90 Å². The number of likely N-dealkylation sites (N-methyl/N-ethyl adjacent to an activating group) is 1. The SMILES string of the molecule is COc1ccc(NC(=O)OC[C@@H]2CCCN2C)c(-c2cccc(F)c2)c1. The van der Waals surface area contributed by atoms with Gasteiger partial charge >= 0.3 is 6.09 Å². The highest BCUT2D eigenvalue weighted by Crippen LogP contribution is 2.32. The molecule has 2 aromatic rings. The molecule has 26 heavy (non-hydrogen) atoms. The van der Waals surface area contributed by atoms with Crippen molar-refractivity contribution in [3.63, 3.8) is 0 Å². The summed E-state index contributed by atoms with van der Waals surface area (Å²) in [5, 5.41) is 2.76. The fourth-order valence-corrected chi connectivity index (χ4v) is 3.16. The van der Waals surface area contributed by atoms with Crippen molar-refractivity contribution >= 4 is 11.8 Å². The topological polar surface area (TPSA) is 50.8 Å². The summed E-state index contributed by atoms with van der Waals surface area (Å²) in [6.07, 6.45) is 1.63. The molecule has 0 spiro atoms. The van der Waals surface area contributed by atoms with Crippen molar-refractivity contribution < 1.29 is 18.7 Å². The van der Waals surface area contributed by atoms with Crippen LogP contribution >= 0.6 is 0 Å². The molecule has 1 saturated heterocycles. The molecule has 1 aliphatic rings. The van der Waals surface area contributed by atoms with E-state index < -0.39 is 6.09 Å². The highest BCUT2D eigenvalue weighted by atomic mass is 19.1. The van der Waals surface area contributed by atoms with Crippen LogP contribution in [0.3, 0.4) is 0 Å². The van der Waals surface area contributed by atoms with E-state index in [1.165, 1.54) is 12.1 Å². The number of benzene rings is 2. The minimum absolute atomic E-state index is 0.263. The second kappa shape index (κ2) is 8.19. The molecular formula is C20H23FN2O3. The predicted octanol–water partition coefficient (Wildman–Crippen LogP) is 4.14.